The summed E-state index contributed by atoms with van der Waals surface area (Å²) < 4.78 is 10.8. The largest absolute Gasteiger partial charge is 0.454 e. The van der Waals surface area contributed by atoms with Gasteiger partial charge in [0, 0.05) is 25.5 Å². The first kappa shape index (κ1) is 17.2. The highest BCUT2D eigenvalue weighted by Gasteiger charge is 2.27. The molecule has 1 saturated carbocycles. The standard InChI is InChI=1S/C20H26N2O4/c1-22(20(23)9-6-14-4-2-3-5-14)12-16-11-17(21-26-16)15-7-8-18-19(10-15)25-13-24-18/h7-8,10,14,16H,2-6,9,11-13H2,1H3. The lowest BCUT2D eigenvalue weighted by Crippen LogP contribution is -2.34. The molecule has 4 rings (SSSR count). The minimum Gasteiger partial charge on any atom is -0.454 e. The van der Waals surface area contributed by atoms with E-state index in [0.717, 1.165) is 35.1 Å². The van der Waals surface area contributed by atoms with Gasteiger partial charge >= 0.3 is 0 Å². The Balaban J connectivity index is 1.26. The van der Waals surface area contributed by atoms with Crippen LogP contribution in [0.15, 0.2) is 23.4 Å². The lowest BCUT2D eigenvalue weighted by atomic mass is 10.0. The lowest BCUT2D eigenvalue weighted by molar-refractivity contribution is -0.131. The molecule has 140 valence electrons. The van der Waals surface area contributed by atoms with Crippen LogP contribution in [0, 0.1) is 5.92 Å². The van der Waals surface area contributed by atoms with Crippen molar-refractivity contribution < 1.29 is 19.1 Å². The zero-order valence-corrected chi connectivity index (χ0v) is 15.3. The summed E-state index contributed by atoms with van der Waals surface area (Å²) in [6, 6.07) is 5.80. The molecule has 0 radical (unpaired) electrons. The molecule has 6 heteroatoms. The van der Waals surface area contributed by atoms with Gasteiger partial charge in [0.2, 0.25) is 12.7 Å². The summed E-state index contributed by atoms with van der Waals surface area (Å²) in [7, 11) is 1.86. The Kier molecular flexibility index (Phi) is 5.00. The second-order valence-electron chi connectivity index (χ2n) is 7.50. The smallest absolute Gasteiger partial charge is 0.231 e. The van der Waals surface area contributed by atoms with Crippen molar-refractivity contribution in [3.8, 4) is 11.5 Å². The first-order valence-electron chi connectivity index (χ1n) is 9.56. The van der Waals surface area contributed by atoms with E-state index in [2.05, 4.69) is 5.16 Å². The van der Waals surface area contributed by atoms with Crippen molar-refractivity contribution >= 4 is 11.6 Å². The minimum atomic E-state index is -0.0872. The number of carbonyl (C=O) groups is 1. The maximum atomic E-state index is 12.4. The molecule has 2 aliphatic heterocycles. The molecule has 0 N–H and O–H groups in total. The number of ether oxygens (including phenoxy) is 2. The number of likely N-dealkylation sites (N-methyl/N-ethyl adjacent to an activating group) is 1. The van der Waals surface area contributed by atoms with E-state index in [4.69, 9.17) is 14.3 Å². The Morgan fingerprint density at radius 3 is 2.88 bits per heavy atom. The van der Waals surface area contributed by atoms with Crippen LogP contribution in [0.4, 0.5) is 0 Å². The van der Waals surface area contributed by atoms with E-state index in [1.807, 2.05) is 25.2 Å². The topological polar surface area (TPSA) is 60.4 Å². The minimum absolute atomic E-state index is 0.0872. The third kappa shape index (κ3) is 3.79. The molecular formula is C20H26N2O4. The van der Waals surface area contributed by atoms with Crippen molar-refractivity contribution in [2.45, 2.75) is 51.0 Å². The van der Waals surface area contributed by atoms with Crippen LogP contribution >= 0.6 is 0 Å². The molecular weight excluding hydrogens is 332 g/mol. The van der Waals surface area contributed by atoms with Crippen LogP contribution in [0.1, 0.15) is 50.5 Å². The fourth-order valence-electron chi connectivity index (χ4n) is 4.00. The number of hydrogen-bond acceptors (Lipinski definition) is 5. The summed E-state index contributed by atoms with van der Waals surface area (Å²) in [6.45, 7) is 0.833. The fraction of sp³-hybridized carbons (Fsp3) is 0.600. The molecule has 1 fully saturated rings. The highest BCUT2D eigenvalue weighted by molar-refractivity contribution is 6.01. The van der Waals surface area contributed by atoms with Gasteiger partial charge in [0.25, 0.3) is 0 Å². The van der Waals surface area contributed by atoms with Crippen LogP contribution in [-0.4, -0.2) is 43.0 Å². The first-order valence-corrected chi connectivity index (χ1v) is 9.56. The Bertz CT molecular complexity index is 697. The summed E-state index contributed by atoms with van der Waals surface area (Å²) in [6.07, 6.45) is 7.49. The molecule has 0 spiro atoms. The van der Waals surface area contributed by atoms with Crippen molar-refractivity contribution in [3.05, 3.63) is 23.8 Å². The third-order valence-electron chi connectivity index (χ3n) is 5.58. The summed E-state index contributed by atoms with van der Waals surface area (Å²) in [5.74, 6) is 2.46. The molecule has 1 unspecified atom stereocenters. The van der Waals surface area contributed by atoms with Crippen molar-refractivity contribution in [2.75, 3.05) is 20.4 Å². The van der Waals surface area contributed by atoms with E-state index in [1.165, 1.54) is 25.7 Å². The highest BCUT2D eigenvalue weighted by Crippen LogP contribution is 2.34. The van der Waals surface area contributed by atoms with Crippen molar-refractivity contribution in [1.29, 1.82) is 0 Å². The van der Waals surface area contributed by atoms with Crippen molar-refractivity contribution in [2.24, 2.45) is 11.1 Å². The maximum Gasteiger partial charge on any atom is 0.231 e. The number of nitrogens with zero attached hydrogens (tertiary/aromatic N) is 2. The lowest BCUT2D eigenvalue weighted by Gasteiger charge is -2.20. The van der Waals surface area contributed by atoms with Gasteiger partial charge in [0.05, 0.1) is 12.3 Å². The van der Waals surface area contributed by atoms with Gasteiger partial charge in [0.1, 0.15) is 0 Å². The third-order valence-corrected chi connectivity index (χ3v) is 5.58. The molecule has 0 saturated heterocycles. The molecule has 0 bridgehead atoms. The summed E-state index contributed by atoms with van der Waals surface area (Å²) in [5.41, 5.74) is 1.87. The van der Waals surface area contributed by atoms with Crippen LogP contribution in [0.3, 0.4) is 0 Å². The molecule has 1 amide bonds. The first-order chi connectivity index (χ1) is 12.7. The second kappa shape index (κ2) is 7.56. The van der Waals surface area contributed by atoms with E-state index in [1.54, 1.807) is 4.90 Å². The Labute approximate surface area is 154 Å². The molecule has 1 aromatic rings. The summed E-state index contributed by atoms with van der Waals surface area (Å²) in [4.78, 5) is 19.7. The molecule has 0 aromatic heterocycles. The quantitative estimate of drug-likeness (QED) is 0.782. The second-order valence-corrected chi connectivity index (χ2v) is 7.50. The molecule has 6 nitrogen and oxygen atoms in total. The van der Waals surface area contributed by atoms with E-state index < -0.39 is 0 Å². The molecule has 1 aliphatic carbocycles. The summed E-state index contributed by atoms with van der Waals surface area (Å²) in [5, 5.41) is 4.22. The number of amides is 1. The number of benzene rings is 1. The van der Waals surface area contributed by atoms with E-state index in [-0.39, 0.29) is 18.8 Å². The zero-order chi connectivity index (χ0) is 17.9. The number of oxime groups is 1. The molecule has 3 aliphatic rings. The Hall–Kier alpha value is -2.24. The molecule has 26 heavy (non-hydrogen) atoms. The maximum absolute atomic E-state index is 12.4. The average Bonchev–Trinajstić information content (AvgIpc) is 3.39. The number of fused-ring (bicyclic) bond motifs is 1. The van der Waals surface area contributed by atoms with Gasteiger partial charge in [-0.15, -0.1) is 0 Å². The number of hydrogen-bond donors (Lipinski definition) is 0. The van der Waals surface area contributed by atoms with Gasteiger partial charge in [-0.3, -0.25) is 4.79 Å². The van der Waals surface area contributed by atoms with Gasteiger partial charge < -0.3 is 19.2 Å². The predicted octanol–water partition coefficient (Wildman–Crippen LogP) is 3.34. The number of rotatable bonds is 6. The van der Waals surface area contributed by atoms with Gasteiger partial charge in [-0.1, -0.05) is 30.8 Å². The monoisotopic (exact) mass is 358 g/mol. The van der Waals surface area contributed by atoms with Crippen LogP contribution in [0.25, 0.3) is 0 Å². The van der Waals surface area contributed by atoms with Crippen LogP contribution in [0.5, 0.6) is 11.5 Å². The highest BCUT2D eigenvalue weighted by atomic mass is 16.7. The normalized spacial score (nSPS) is 21.6. The molecule has 2 heterocycles. The fourth-order valence-corrected chi connectivity index (χ4v) is 4.00. The molecule has 1 aromatic carbocycles. The Morgan fingerprint density at radius 2 is 2.04 bits per heavy atom. The Morgan fingerprint density at radius 1 is 1.23 bits per heavy atom. The van der Waals surface area contributed by atoms with Crippen LogP contribution in [0.2, 0.25) is 0 Å². The molecule has 1 atom stereocenters. The number of carbonyl (C=O) groups excluding carboxylic acids is 1. The van der Waals surface area contributed by atoms with Crippen molar-refractivity contribution in [3.63, 3.8) is 0 Å². The zero-order valence-electron chi connectivity index (χ0n) is 15.3. The van der Waals surface area contributed by atoms with E-state index >= 15 is 0 Å². The van der Waals surface area contributed by atoms with E-state index in [0.29, 0.717) is 19.4 Å². The van der Waals surface area contributed by atoms with Crippen LogP contribution < -0.4 is 9.47 Å². The summed E-state index contributed by atoms with van der Waals surface area (Å²) >= 11 is 0. The van der Waals surface area contributed by atoms with E-state index in [9.17, 15) is 4.79 Å². The van der Waals surface area contributed by atoms with Gasteiger partial charge in [-0.05, 0) is 30.5 Å². The van der Waals surface area contributed by atoms with Crippen LogP contribution in [-0.2, 0) is 9.63 Å². The van der Waals surface area contributed by atoms with Crippen molar-refractivity contribution in [1.82, 2.24) is 4.90 Å². The van der Waals surface area contributed by atoms with Gasteiger partial charge in [-0.25, -0.2) is 0 Å². The average molecular weight is 358 g/mol. The van der Waals surface area contributed by atoms with Gasteiger partial charge in [0.15, 0.2) is 17.6 Å². The van der Waals surface area contributed by atoms with Gasteiger partial charge in [-0.2, -0.15) is 0 Å². The predicted molar refractivity (Wildman–Crippen MR) is 97.4 cm³/mol. The SMILES string of the molecule is CN(CC1CC(c2ccc3c(c2)OCO3)=NO1)C(=O)CCC1CCCC1.